The predicted octanol–water partition coefficient (Wildman–Crippen LogP) is 3.13. The van der Waals surface area contributed by atoms with Crippen molar-refractivity contribution >= 4 is 17.3 Å². The first kappa shape index (κ1) is 13.5. The van der Waals surface area contributed by atoms with Gasteiger partial charge in [-0.2, -0.15) is 0 Å². The Morgan fingerprint density at radius 1 is 1.37 bits per heavy atom. The second-order valence-corrected chi connectivity index (χ2v) is 5.20. The molecule has 0 aliphatic rings. The second kappa shape index (κ2) is 5.84. The molecule has 0 spiro atoms. The molecule has 2 aromatic rings. The second-order valence-electron chi connectivity index (χ2n) is 4.14. The van der Waals surface area contributed by atoms with Crippen LogP contribution >= 0.6 is 11.3 Å². The summed E-state index contributed by atoms with van der Waals surface area (Å²) < 4.78 is 10.4. The SMILES string of the molecule is COC(=O)c1cc(C)ccc1OCc1csc(C)n1. The maximum absolute atomic E-state index is 11.7. The summed E-state index contributed by atoms with van der Waals surface area (Å²) in [5, 5.41) is 2.94. The summed E-state index contributed by atoms with van der Waals surface area (Å²) in [5.41, 5.74) is 2.28. The van der Waals surface area contributed by atoms with E-state index in [-0.39, 0.29) is 0 Å². The van der Waals surface area contributed by atoms with Gasteiger partial charge < -0.3 is 9.47 Å². The number of nitrogens with zero attached hydrogens (tertiary/aromatic N) is 1. The molecule has 0 amide bonds. The number of esters is 1. The molecule has 1 heterocycles. The molecule has 5 heteroatoms. The number of aromatic nitrogens is 1. The Balaban J connectivity index is 2.17. The number of hydrogen-bond acceptors (Lipinski definition) is 5. The molecule has 0 bridgehead atoms. The largest absolute Gasteiger partial charge is 0.486 e. The molecular formula is C14H15NO3S. The number of hydrogen-bond donors (Lipinski definition) is 0. The molecule has 0 fully saturated rings. The zero-order valence-electron chi connectivity index (χ0n) is 11.1. The average molecular weight is 277 g/mol. The first-order valence-electron chi connectivity index (χ1n) is 5.83. The first-order valence-corrected chi connectivity index (χ1v) is 6.71. The maximum Gasteiger partial charge on any atom is 0.341 e. The third-order valence-corrected chi connectivity index (χ3v) is 3.40. The Hall–Kier alpha value is -1.88. The van der Waals surface area contributed by atoms with Crippen molar-refractivity contribution < 1.29 is 14.3 Å². The smallest absolute Gasteiger partial charge is 0.341 e. The fourth-order valence-electron chi connectivity index (χ4n) is 1.67. The summed E-state index contributed by atoms with van der Waals surface area (Å²) >= 11 is 1.57. The lowest BCUT2D eigenvalue weighted by Crippen LogP contribution is -2.06. The van der Waals surface area contributed by atoms with Gasteiger partial charge in [-0.25, -0.2) is 9.78 Å². The van der Waals surface area contributed by atoms with Crippen molar-refractivity contribution in [2.24, 2.45) is 0 Å². The van der Waals surface area contributed by atoms with Gasteiger partial charge in [0, 0.05) is 5.38 Å². The van der Waals surface area contributed by atoms with Crippen LogP contribution in [0.15, 0.2) is 23.6 Å². The molecule has 0 atom stereocenters. The number of aryl methyl sites for hydroxylation is 2. The number of carbonyl (C=O) groups is 1. The molecule has 0 N–H and O–H groups in total. The number of thiazole rings is 1. The number of benzene rings is 1. The van der Waals surface area contributed by atoms with Crippen LogP contribution in [-0.4, -0.2) is 18.1 Å². The van der Waals surface area contributed by atoms with Gasteiger partial charge >= 0.3 is 5.97 Å². The van der Waals surface area contributed by atoms with Gasteiger partial charge in [-0.05, 0) is 26.0 Å². The lowest BCUT2D eigenvalue weighted by atomic mass is 10.1. The van der Waals surface area contributed by atoms with E-state index in [1.54, 1.807) is 23.5 Å². The fraction of sp³-hybridized carbons (Fsp3) is 0.286. The fourth-order valence-corrected chi connectivity index (χ4v) is 2.26. The topological polar surface area (TPSA) is 48.4 Å². The molecule has 0 radical (unpaired) electrons. The van der Waals surface area contributed by atoms with Gasteiger partial charge in [-0.15, -0.1) is 11.3 Å². The van der Waals surface area contributed by atoms with Crippen molar-refractivity contribution in [3.63, 3.8) is 0 Å². The van der Waals surface area contributed by atoms with Crippen LogP contribution in [-0.2, 0) is 11.3 Å². The highest BCUT2D eigenvalue weighted by Gasteiger charge is 2.13. The Kier molecular flexibility index (Phi) is 4.16. The van der Waals surface area contributed by atoms with E-state index in [0.717, 1.165) is 16.3 Å². The normalized spacial score (nSPS) is 10.3. The van der Waals surface area contributed by atoms with Crippen LogP contribution < -0.4 is 4.74 Å². The molecule has 100 valence electrons. The van der Waals surface area contributed by atoms with E-state index in [0.29, 0.717) is 17.9 Å². The first-order chi connectivity index (χ1) is 9.10. The average Bonchev–Trinajstić information content (AvgIpc) is 2.82. The van der Waals surface area contributed by atoms with Crippen LogP contribution in [0.4, 0.5) is 0 Å². The van der Waals surface area contributed by atoms with E-state index in [4.69, 9.17) is 9.47 Å². The zero-order valence-corrected chi connectivity index (χ0v) is 11.9. The highest BCUT2D eigenvalue weighted by Crippen LogP contribution is 2.22. The summed E-state index contributed by atoms with van der Waals surface area (Å²) in [5.74, 6) is 0.122. The van der Waals surface area contributed by atoms with Crippen molar-refractivity contribution in [1.82, 2.24) is 4.98 Å². The summed E-state index contributed by atoms with van der Waals surface area (Å²) in [4.78, 5) is 16.0. The van der Waals surface area contributed by atoms with E-state index in [1.165, 1.54) is 7.11 Å². The van der Waals surface area contributed by atoms with Gasteiger partial charge in [0.2, 0.25) is 0 Å². The van der Waals surface area contributed by atoms with Crippen LogP contribution in [0.25, 0.3) is 0 Å². The molecule has 0 saturated heterocycles. The van der Waals surface area contributed by atoms with E-state index in [2.05, 4.69) is 4.98 Å². The third kappa shape index (κ3) is 3.32. The molecular weight excluding hydrogens is 262 g/mol. The number of ether oxygens (including phenoxy) is 2. The van der Waals surface area contributed by atoms with Crippen LogP contribution in [0.5, 0.6) is 5.75 Å². The highest BCUT2D eigenvalue weighted by atomic mass is 32.1. The minimum absolute atomic E-state index is 0.345. The monoisotopic (exact) mass is 277 g/mol. The minimum atomic E-state index is -0.395. The quantitative estimate of drug-likeness (QED) is 0.806. The van der Waals surface area contributed by atoms with Crippen molar-refractivity contribution in [2.45, 2.75) is 20.5 Å². The zero-order chi connectivity index (χ0) is 13.8. The van der Waals surface area contributed by atoms with Crippen molar-refractivity contribution in [2.75, 3.05) is 7.11 Å². The lowest BCUT2D eigenvalue weighted by molar-refractivity contribution is 0.0595. The number of rotatable bonds is 4. The number of carbonyl (C=O) groups excluding carboxylic acids is 1. The van der Waals surface area contributed by atoms with Gasteiger partial charge in [-0.1, -0.05) is 11.6 Å². The van der Waals surface area contributed by atoms with E-state index >= 15 is 0 Å². The molecule has 1 aromatic carbocycles. The molecule has 4 nitrogen and oxygen atoms in total. The van der Waals surface area contributed by atoms with Crippen LogP contribution in [0.1, 0.15) is 26.6 Å². The Morgan fingerprint density at radius 3 is 2.79 bits per heavy atom. The number of methoxy groups -OCH3 is 1. The van der Waals surface area contributed by atoms with Crippen molar-refractivity contribution in [3.05, 3.63) is 45.4 Å². The van der Waals surface area contributed by atoms with E-state index in [9.17, 15) is 4.79 Å². The third-order valence-electron chi connectivity index (χ3n) is 2.58. The van der Waals surface area contributed by atoms with Crippen LogP contribution in [0.3, 0.4) is 0 Å². The van der Waals surface area contributed by atoms with E-state index in [1.807, 2.05) is 25.3 Å². The predicted molar refractivity (Wildman–Crippen MR) is 73.7 cm³/mol. The maximum atomic E-state index is 11.7. The summed E-state index contributed by atoms with van der Waals surface area (Å²) in [6, 6.07) is 5.43. The van der Waals surface area contributed by atoms with Gasteiger partial charge in [0.05, 0.1) is 17.8 Å². The summed E-state index contributed by atoms with van der Waals surface area (Å²) in [6.45, 7) is 4.21. The summed E-state index contributed by atoms with van der Waals surface area (Å²) in [7, 11) is 1.36. The molecule has 0 saturated carbocycles. The lowest BCUT2D eigenvalue weighted by Gasteiger charge is -2.10. The molecule has 0 aliphatic carbocycles. The van der Waals surface area contributed by atoms with Gasteiger partial charge in [0.15, 0.2) is 0 Å². The van der Waals surface area contributed by atoms with Gasteiger partial charge in [0.25, 0.3) is 0 Å². The Bertz CT molecular complexity index is 592. The van der Waals surface area contributed by atoms with Gasteiger partial charge in [-0.3, -0.25) is 0 Å². The van der Waals surface area contributed by atoms with Crippen molar-refractivity contribution in [1.29, 1.82) is 0 Å². The summed E-state index contributed by atoms with van der Waals surface area (Å²) in [6.07, 6.45) is 0. The highest BCUT2D eigenvalue weighted by molar-refractivity contribution is 7.09. The standard InChI is InChI=1S/C14H15NO3S/c1-9-4-5-13(12(6-9)14(16)17-3)18-7-11-8-19-10(2)15-11/h4-6,8H,7H2,1-3H3. The van der Waals surface area contributed by atoms with Gasteiger partial charge in [0.1, 0.15) is 17.9 Å². The molecule has 0 aliphatic heterocycles. The molecule has 19 heavy (non-hydrogen) atoms. The van der Waals surface area contributed by atoms with Crippen molar-refractivity contribution in [3.8, 4) is 5.75 Å². The molecule has 2 rings (SSSR count). The molecule has 0 unspecified atom stereocenters. The van der Waals surface area contributed by atoms with Crippen LogP contribution in [0, 0.1) is 13.8 Å². The van der Waals surface area contributed by atoms with E-state index < -0.39 is 5.97 Å². The molecule has 1 aromatic heterocycles. The Labute approximate surface area is 116 Å². The van der Waals surface area contributed by atoms with Crippen LogP contribution in [0.2, 0.25) is 0 Å². The minimum Gasteiger partial charge on any atom is -0.486 e. The Morgan fingerprint density at radius 2 is 2.16 bits per heavy atom.